The van der Waals surface area contributed by atoms with E-state index < -0.39 is 0 Å². The molecular formula is C17H21BrClNO2. The third-order valence-electron chi connectivity index (χ3n) is 3.21. The van der Waals surface area contributed by atoms with Crippen LogP contribution in [0.3, 0.4) is 0 Å². The van der Waals surface area contributed by atoms with Crippen LogP contribution in [0.1, 0.15) is 25.7 Å². The summed E-state index contributed by atoms with van der Waals surface area (Å²) in [5, 5.41) is 2.09. The number of unbranched alkanes of at least 4 members (excludes halogenated alkanes) is 2. The third kappa shape index (κ3) is 5.65. The quantitative estimate of drug-likeness (QED) is 0.416. The van der Waals surface area contributed by atoms with Gasteiger partial charge in [0.25, 0.3) is 0 Å². The van der Waals surface area contributed by atoms with Crippen LogP contribution in [0.5, 0.6) is 11.6 Å². The summed E-state index contributed by atoms with van der Waals surface area (Å²) in [6.07, 6.45) is 4.06. The lowest BCUT2D eigenvalue weighted by molar-refractivity contribution is 0.299. The van der Waals surface area contributed by atoms with Crippen molar-refractivity contribution in [1.82, 2.24) is 4.98 Å². The van der Waals surface area contributed by atoms with Crippen LogP contribution >= 0.6 is 27.5 Å². The molecule has 22 heavy (non-hydrogen) atoms. The average Bonchev–Trinajstić information content (AvgIpc) is 2.55. The minimum Gasteiger partial charge on any atom is -0.494 e. The predicted molar refractivity (Wildman–Crippen MR) is 95.7 cm³/mol. The Kier molecular flexibility index (Phi) is 7.81. The Hall–Kier alpha value is -1.00. The molecule has 0 radical (unpaired) electrons. The van der Waals surface area contributed by atoms with Crippen molar-refractivity contribution in [2.24, 2.45) is 0 Å². The first-order chi connectivity index (χ1) is 10.8. The van der Waals surface area contributed by atoms with Gasteiger partial charge in [-0.2, -0.15) is 0 Å². The lowest BCUT2D eigenvalue weighted by Gasteiger charge is -2.08. The number of rotatable bonds is 10. The normalized spacial score (nSPS) is 10.8. The summed E-state index contributed by atoms with van der Waals surface area (Å²) >= 11 is 9.07. The van der Waals surface area contributed by atoms with Gasteiger partial charge in [0.2, 0.25) is 5.88 Å². The fourth-order valence-electron chi connectivity index (χ4n) is 2.01. The molecule has 0 N–H and O–H groups in total. The molecule has 0 spiro atoms. The number of pyridine rings is 1. The molecule has 0 aliphatic heterocycles. The monoisotopic (exact) mass is 385 g/mol. The molecule has 0 aliphatic rings. The van der Waals surface area contributed by atoms with Gasteiger partial charge in [0, 0.05) is 28.7 Å². The van der Waals surface area contributed by atoms with Gasteiger partial charge in [0.05, 0.1) is 18.7 Å². The van der Waals surface area contributed by atoms with Crippen LogP contribution in [-0.4, -0.2) is 29.4 Å². The zero-order valence-corrected chi connectivity index (χ0v) is 14.9. The van der Waals surface area contributed by atoms with E-state index in [1.165, 1.54) is 0 Å². The molecule has 5 heteroatoms. The first kappa shape index (κ1) is 17.4. The maximum Gasteiger partial charge on any atom is 0.213 e. The lowest BCUT2D eigenvalue weighted by Crippen LogP contribution is -2.00. The van der Waals surface area contributed by atoms with Crippen LogP contribution in [0.4, 0.5) is 0 Å². The average molecular weight is 387 g/mol. The van der Waals surface area contributed by atoms with Gasteiger partial charge in [-0.1, -0.05) is 15.9 Å². The second-order valence-electron chi connectivity index (χ2n) is 4.99. The second-order valence-corrected chi connectivity index (χ2v) is 6.16. The molecule has 0 amide bonds. The number of benzene rings is 1. The van der Waals surface area contributed by atoms with Crippen molar-refractivity contribution in [3.63, 3.8) is 0 Å². The van der Waals surface area contributed by atoms with Crippen LogP contribution in [0.25, 0.3) is 10.9 Å². The summed E-state index contributed by atoms with van der Waals surface area (Å²) in [6, 6.07) is 9.90. The predicted octanol–water partition coefficient (Wildman–Crippen LogP) is 5.19. The highest BCUT2D eigenvalue weighted by Crippen LogP contribution is 2.22. The van der Waals surface area contributed by atoms with E-state index in [1.54, 1.807) is 0 Å². The Balaban J connectivity index is 1.96. The molecule has 120 valence electrons. The highest BCUT2D eigenvalue weighted by atomic mass is 79.9. The summed E-state index contributed by atoms with van der Waals surface area (Å²) in [6.45, 7) is 1.37. The van der Waals surface area contributed by atoms with Crippen molar-refractivity contribution in [2.45, 2.75) is 25.7 Å². The van der Waals surface area contributed by atoms with Crippen molar-refractivity contribution in [3.8, 4) is 11.6 Å². The van der Waals surface area contributed by atoms with Gasteiger partial charge in [0.1, 0.15) is 5.75 Å². The van der Waals surface area contributed by atoms with Crippen molar-refractivity contribution in [3.05, 3.63) is 30.3 Å². The van der Waals surface area contributed by atoms with E-state index in [9.17, 15) is 0 Å². The van der Waals surface area contributed by atoms with E-state index in [1.807, 2.05) is 30.3 Å². The minimum absolute atomic E-state index is 0.668. The fraction of sp³-hybridized carbons (Fsp3) is 0.471. The first-order valence-corrected chi connectivity index (χ1v) is 9.27. The number of nitrogens with zero attached hydrogens (tertiary/aromatic N) is 1. The van der Waals surface area contributed by atoms with Gasteiger partial charge >= 0.3 is 0 Å². The van der Waals surface area contributed by atoms with Crippen LogP contribution in [0.15, 0.2) is 30.3 Å². The Morgan fingerprint density at radius 3 is 2.55 bits per heavy atom. The molecule has 2 aromatic rings. The molecule has 0 saturated heterocycles. The van der Waals surface area contributed by atoms with E-state index in [0.29, 0.717) is 25.0 Å². The zero-order valence-electron chi connectivity index (χ0n) is 12.6. The van der Waals surface area contributed by atoms with E-state index in [0.717, 1.165) is 47.7 Å². The maximum absolute atomic E-state index is 5.72. The number of ether oxygens (including phenoxy) is 2. The Bertz CT molecular complexity index is 533. The number of hydrogen-bond acceptors (Lipinski definition) is 3. The molecule has 0 aliphatic carbocycles. The molecule has 0 unspecified atom stereocenters. The van der Waals surface area contributed by atoms with Crippen LogP contribution in [0, 0.1) is 0 Å². The summed E-state index contributed by atoms with van der Waals surface area (Å²) in [5.74, 6) is 2.19. The van der Waals surface area contributed by atoms with Gasteiger partial charge in [-0.25, -0.2) is 4.98 Å². The molecular weight excluding hydrogens is 366 g/mol. The number of alkyl halides is 2. The summed E-state index contributed by atoms with van der Waals surface area (Å²) in [5.41, 5.74) is 0.896. The SMILES string of the molecule is ClCCCCOc1ccc2ccc(OCCCCBr)nc2c1. The molecule has 3 nitrogen and oxygen atoms in total. The van der Waals surface area contributed by atoms with E-state index in [2.05, 4.69) is 20.9 Å². The maximum atomic E-state index is 5.72. The van der Waals surface area contributed by atoms with Gasteiger partial charge in [0.15, 0.2) is 0 Å². The molecule has 1 aromatic carbocycles. The Labute approximate surface area is 145 Å². The molecule has 2 rings (SSSR count). The molecule has 0 saturated carbocycles. The largest absolute Gasteiger partial charge is 0.494 e. The molecule has 1 aromatic heterocycles. The second kappa shape index (κ2) is 9.90. The number of hydrogen-bond donors (Lipinski definition) is 0. The van der Waals surface area contributed by atoms with Crippen molar-refractivity contribution < 1.29 is 9.47 Å². The highest BCUT2D eigenvalue weighted by molar-refractivity contribution is 9.09. The zero-order chi connectivity index (χ0) is 15.6. The van der Waals surface area contributed by atoms with E-state index in [4.69, 9.17) is 21.1 Å². The van der Waals surface area contributed by atoms with E-state index >= 15 is 0 Å². The minimum atomic E-state index is 0.668. The first-order valence-electron chi connectivity index (χ1n) is 7.62. The van der Waals surface area contributed by atoms with Crippen molar-refractivity contribution in [2.75, 3.05) is 24.4 Å². The summed E-state index contributed by atoms with van der Waals surface area (Å²) < 4.78 is 11.4. The standard InChI is InChI=1S/C17H21BrClNO2/c18-9-1-3-12-22-17-8-6-14-5-7-15(13-16(14)20-17)21-11-4-2-10-19/h5-8,13H,1-4,9-12H2. The highest BCUT2D eigenvalue weighted by Gasteiger charge is 2.02. The number of fused-ring (bicyclic) bond motifs is 1. The fourth-order valence-corrected chi connectivity index (χ4v) is 2.59. The van der Waals surface area contributed by atoms with Gasteiger partial charge in [-0.3, -0.25) is 0 Å². The van der Waals surface area contributed by atoms with E-state index in [-0.39, 0.29) is 0 Å². The topological polar surface area (TPSA) is 31.4 Å². The molecule has 0 fully saturated rings. The number of aromatic nitrogens is 1. The van der Waals surface area contributed by atoms with Gasteiger partial charge in [-0.15, -0.1) is 11.6 Å². The Morgan fingerprint density at radius 1 is 0.955 bits per heavy atom. The molecule has 0 bridgehead atoms. The van der Waals surface area contributed by atoms with Crippen LogP contribution in [0.2, 0.25) is 0 Å². The summed E-state index contributed by atoms with van der Waals surface area (Å²) in [4.78, 5) is 4.54. The van der Waals surface area contributed by atoms with Crippen LogP contribution < -0.4 is 9.47 Å². The Morgan fingerprint density at radius 2 is 1.73 bits per heavy atom. The number of halogens is 2. The molecule has 1 heterocycles. The lowest BCUT2D eigenvalue weighted by atomic mass is 10.2. The smallest absolute Gasteiger partial charge is 0.213 e. The van der Waals surface area contributed by atoms with Crippen molar-refractivity contribution >= 4 is 38.4 Å². The van der Waals surface area contributed by atoms with Crippen LogP contribution in [-0.2, 0) is 0 Å². The van der Waals surface area contributed by atoms with Gasteiger partial charge < -0.3 is 9.47 Å². The summed E-state index contributed by atoms with van der Waals surface area (Å²) in [7, 11) is 0. The van der Waals surface area contributed by atoms with Gasteiger partial charge in [-0.05, 0) is 43.9 Å². The third-order valence-corrected chi connectivity index (χ3v) is 4.04. The molecule has 0 atom stereocenters. The van der Waals surface area contributed by atoms with Crippen molar-refractivity contribution in [1.29, 1.82) is 0 Å².